The van der Waals surface area contributed by atoms with Gasteiger partial charge in [-0.25, -0.2) is 0 Å². The lowest BCUT2D eigenvalue weighted by Gasteiger charge is -2.13. The van der Waals surface area contributed by atoms with Crippen LogP contribution in [0.1, 0.15) is 79.1 Å². The lowest BCUT2D eigenvalue weighted by Crippen LogP contribution is -2.18. The lowest BCUT2D eigenvalue weighted by molar-refractivity contribution is -0.148. The minimum absolute atomic E-state index is 0.0246. The first-order chi connectivity index (χ1) is 11.6. The third-order valence-electron chi connectivity index (χ3n) is 3.91. The van der Waals surface area contributed by atoms with Crippen molar-refractivity contribution in [1.82, 2.24) is 0 Å². The summed E-state index contributed by atoms with van der Waals surface area (Å²) in [5.41, 5.74) is 0. The molecule has 0 atom stereocenters. The molecule has 0 heterocycles. The van der Waals surface area contributed by atoms with Crippen molar-refractivity contribution in [2.75, 3.05) is 13.2 Å². The maximum Gasteiger partial charge on any atom is 0.309 e. The normalized spacial score (nSPS) is 10.4. The Morgan fingerprint density at radius 2 is 0.958 bits per heavy atom. The van der Waals surface area contributed by atoms with Crippen LogP contribution in [0.3, 0.4) is 0 Å². The fourth-order valence-electron chi connectivity index (χ4n) is 2.71. The van der Waals surface area contributed by atoms with E-state index in [1.54, 1.807) is 0 Å². The zero-order chi connectivity index (χ0) is 18.2. The molecule has 0 unspecified atom stereocenters. The number of hydrogen-bond acceptors (Lipinski definition) is 4. The van der Waals surface area contributed by atoms with Gasteiger partial charge in [-0.3, -0.25) is 9.59 Å². The highest BCUT2D eigenvalue weighted by molar-refractivity contribution is 5.73. The maximum absolute atomic E-state index is 11.9. The van der Waals surface area contributed by atoms with Crippen LogP contribution in [-0.4, -0.2) is 25.2 Å². The lowest BCUT2D eigenvalue weighted by atomic mass is 9.99. The first kappa shape index (κ1) is 22.5. The van der Waals surface area contributed by atoms with Gasteiger partial charge in [-0.2, -0.15) is 0 Å². The molecule has 0 aliphatic heterocycles. The molecule has 0 saturated carbocycles. The van der Waals surface area contributed by atoms with Crippen molar-refractivity contribution >= 4 is 11.9 Å². The van der Waals surface area contributed by atoms with Gasteiger partial charge < -0.3 is 9.47 Å². The molecule has 4 nitrogen and oxygen atoms in total. The average Bonchev–Trinajstić information content (AvgIpc) is 2.57. The Kier molecular flexibility index (Phi) is 14.1. The Hall–Kier alpha value is -1.50. The van der Waals surface area contributed by atoms with Gasteiger partial charge in [0.1, 0.15) is 0 Å². The Balaban J connectivity index is 4.09. The molecule has 0 aromatic rings. The van der Waals surface area contributed by atoms with E-state index >= 15 is 0 Å². The summed E-state index contributed by atoms with van der Waals surface area (Å²) in [5, 5.41) is 0. The van der Waals surface area contributed by atoms with Crippen LogP contribution in [0, 0.1) is 23.7 Å². The minimum atomic E-state index is -0.170. The maximum atomic E-state index is 11.9. The van der Waals surface area contributed by atoms with Crippen LogP contribution in [-0.2, 0) is 19.1 Å². The van der Waals surface area contributed by atoms with E-state index in [4.69, 9.17) is 9.47 Å². The molecule has 0 fully saturated rings. The van der Waals surface area contributed by atoms with E-state index in [1.165, 1.54) is 0 Å². The van der Waals surface area contributed by atoms with Crippen LogP contribution in [0.4, 0.5) is 0 Å². The highest BCUT2D eigenvalue weighted by Gasteiger charge is 2.18. The fraction of sp³-hybridized carbons (Fsp3) is 0.800. The zero-order valence-electron chi connectivity index (χ0n) is 15.9. The molecule has 0 amide bonds. The van der Waals surface area contributed by atoms with Gasteiger partial charge in [0.15, 0.2) is 13.2 Å². The summed E-state index contributed by atoms with van der Waals surface area (Å²) < 4.78 is 10.4. The van der Waals surface area contributed by atoms with Gasteiger partial charge in [-0.05, 0) is 25.7 Å². The summed E-state index contributed by atoms with van der Waals surface area (Å²) in [6.07, 6.45) is 7.30. The van der Waals surface area contributed by atoms with E-state index in [2.05, 4.69) is 39.5 Å². The molecule has 0 spiro atoms. The largest absolute Gasteiger partial charge is 0.452 e. The Morgan fingerprint density at radius 3 is 1.21 bits per heavy atom. The summed E-state index contributed by atoms with van der Waals surface area (Å²) in [4.78, 5) is 23.8. The van der Waals surface area contributed by atoms with Crippen molar-refractivity contribution in [3.05, 3.63) is 0 Å². The van der Waals surface area contributed by atoms with E-state index in [9.17, 15) is 9.59 Å². The van der Waals surface area contributed by atoms with Gasteiger partial charge in [0.05, 0.1) is 11.8 Å². The number of carbonyl (C=O) groups excluding carboxylic acids is 2. The van der Waals surface area contributed by atoms with Gasteiger partial charge >= 0.3 is 11.9 Å². The third-order valence-corrected chi connectivity index (χ3v) is 3.91. The monoisotopic (exact) mass is 338 g/mol. The van der Waals surface area contributed by atoms with E-state index in [0.29, 0.717) is 0 Å². The molecule has 0 rings (SSSR count). The molecule has 0 bridgehead atoms. The number of hydrogen-bond donors (Lipinski definition) is 0. The number of rotatable bonds is 12. The van der Waals surface area contributed by atoms with Crippen molar-refractivity contribution in [1.29, 1.82) is 0 Å². The predicted octanol–water partition coefficient (Wildman–Crippen LogP) is 4.51. The van der Waals surface area contributed by atoms with E-state index in [1.807, 2.05) is 0 Å². The highest BCUT2D eigenvalue weighted by Crippen LogP contribution is 2.15. The molecular formula is C20H34O4. The standard InChI is InChI=1S/C20H34O4/c1-5-11-17(12-6-2)19(21)23-15-9-10-16-24-20(22)18(13-7-3)14-8-4/h17-18H,5-8,11-16H2,1-4H3. The Labute approximate surface area is 147 Å². The minimum Gasteiger partial charge on any atom is -0.452 e. The molecule has 138 valence electrons. The van der Waals surface area contributed by atoms with Gasteiger partial charge in [-0.15, -0.1) is 0 Å². The van der Waals surface area contributed by atoms with Crippen LogP contribution < -0.4 is 0 Å². The average molecular weight is 338 g/mol. The molecule has 4 heteroatoms. The number of carbonyl (C=O) groups is 2. The van der Waals surface area contributed by atoms with Gasteiger partial charge in [0, 0.05) is 0 Å². The SMILES string of the molecule is CCCC(CCC)C(=O)OCC#CCOC(=O)C(CCC)CCC. The van der Waals surface area contributed by atoms with Crippen LogP contribution in [0.5, 0.6) is 0 Å². The zero-order valence-corrected chi connectivity index (χ0v) is 15.9. The molecule has 0 aromatic heterocycles. The second kappa shape index (κ2) is 15.1. The van der Waals surface area contributed by atoms with Crippen molar-refractivity contribution in [3.8, 4) is 11.8 Å². The number of esters is 2. The summed E-state index contributed by atoms with van der Waals surface area (Å²) in [7, 11) is 0. The van der Waals surface area contributed by atoms with Crippen molar-refractivity contribution in [2.24, 2.45) is 11.8 Å². The van der Waals surface area contributed by atoms with Gasteiger partial charge in [-0.1, -0.05) is 65.2 Å². The Morgan fingerprint density at radius 1 is 0.667 bits per heavy atom. The number of ether oxygens (including phenoxy) is 2. The topological polar surface area (TPSA) is 52.6 Å². The molecule has 0 aromatic carbocycles. The van der Waals surface area contributed by atoms with Gasteiger partial charge in [0.25, 0.3) is 0 Å². The first-order valence-corrected chi connectivity index (χ1v) is 9.39. The van der Waals surface area contributed by atoms with Crippen LogP contribution in [0.25, 0.3) is 0 Å². The van der Waals surface area contributed by atoms with E-state index in [-0.39, 0.29) is 37.0 Å². The third kappa shape index (κ3) is 10.3. The molecule has 0 saturated heterocycles. The van der Waals surface area contributed by atoms with Crippen molar-refractivity contribution < 1.29 is 19.1 Å². The quantitative estimate of drug-likeness (QED) is 0.388. The molecule has 24 heavy (non-hydrogen) atoms. The predicted molar refractivity (Wildman–Crippen MR) is 96.3 cm³/mol. The molecule has 0 aliphatic carbocycles. The van der Waals surface area contributed by atoms with Crippen LogP contribution >= 0.6 is 0 Å². The summed E-state index contributed by atoms with van der Waals surface area (Å²) in [6, 6.07) is 0. The van der Waals surface area contributed by atoms with Crippen LogP contribution in [0.2, 0.25) is 0 Å². The summed E-state index contributed by atoms with van der Waals surface area (Å²) in [6.45, 7) is 8.38. The Bertz CT molecular complexity index is 358. The smallest absolute Gasteiger partial charge is 0.309 e. The molecule has 0 N–H and O–H groups in total. The second-order valence-corrected chi connectivity index (χ2v) is 6.12. The van der Waals surface area contributed by atoms with Gasteiger partial charge in [0.2, 0.25) is 0 Å². The van der Waals surface area contributed by atoms with E-state index in [0.717, 1.165) is 51.4 Å². The molecule has 0 aliphatic rings. The van der Waals surface area contributed by atoms with Crippen molar-refractivity contribution in [3.63, 3.8) is 0 Å². The van der Waals surface area contributed by atoms with Crippen LogP contribution in [0.15, 0.2) is 0 Å². The van der Waals surface area contributed by atoms with E-state index < -0.39 is 0 Å². The summed E-state index contributed by atoms with van der Waals surface area (Å²) in [5.74, 6) is 5.10. The molecule has 0 radical (unpaired) electrons. The first-order valence-electron chi connectivity index (χ1n) is 9.39. The molecular weight excluding hydrogens is 304 g/mol. The van der Waals surface area contributed by atoms with Crippen molar-refractivity contribution in [2.45, 2.75) is 79.1 Å². The highest BCUT2D eigenvalue weighted by atomic mass is 16.5. The summed E-state index contributed by atoms with van der Waals surface area (Å²) >= 11 is 0. The fourth-order valence-corrected chi connectivity index (χ4v) is 2.71. The second-order valence-electron chi connectivity index (χ2n) is 6.12.